The SMILES string of the molecule is Cc1nn(-c2cc(Cl)c(S(=O)(=O)O)cc2Cl)c(=O)[c-]1N=Nc1cc([N+](=O)[O-])ccc1O.Cc1nn(-c2cc(Cl)c(S(=O)(=O)O)cc2Cl)c(=O)[c-]1N=Nc1cc([N+](=O)[O-])ccc1O.[Cr].[H+].[H+].[H+]. The molecule has 24 nitrogen and oxygen atoms in total. The molecule has 0 fully saturated rings. The normalized spacial score (nSPS) is 11.7. The molecule has 0 radical (unpaired) electrons. The number of benzene rings is 4. The fourth-order valence-corrected chi connectivity index (χ4v) is 7.59. The number of non-ortho nitro benzene ring substituents is 2. The molecule has 0 aliphatic heterocycles. The Morgan fingerprint density at radius 3 is 1.27 bits per heavy atom. The molecule has 31 heteroatoms. The summed E-state index contributed by atoms with van der Waals surface area (Å²) in [7, 11) is -9.30. The summed E-state index contributed by atoms with van der Waals surface area (Å²) >= 11 is 23.8. The summed E-state index contributed by atoms with van der Waals surface area (Å²) in [6, 6.07) is 9.93. The largest absolute Gasteiger partial charge is 1.00 e. The molecule has 6 rings (SSSR count). The Labute approximate surface area is 386 Å². The van der Waals surface area contributed by atoms with Crippen molar-refractivity contribution in [3.05, 3.63) is 133 Å². The van der Waals surface area contributed by atoms with Gasteiger partial charge in [-0.2, -0.15) is 27.1 Å². The molecule has 0 saturated heterocycles. The van der Waals surface area contributed by atoms with Crippen molar-refractivity contribution in [2.75, 3.05) is 0 Å². The van der Waals surface area contributed by atoms with E-state index in [1.165, 1.54) is 13.8 Å². The van der Waals surface area contributed by atoms with Gasteiger partial charge in [0, 0.05) is 41.6 Å². The Morgan fingerprint density at radius 1 is 0.635 bits per heavy atom. The Kier molecular flexibility index (Phi) is 15.1. The molecular formula is C32H23Cl4CrN10O14S2+. The van der Waals surface area contributed by atoms with E-state index in [-0.39, 0.29) is 88.6 Å². The van der Waals surface area contributed by atoms with Crippen LogP contribution in [0.3, 0.4) is 0 Å². The first-order valence-electron chi connectivity index (χ1n) is 16.1. The number of nitro groups is 2. The van der Waals surface area contributed by atoms with Gasteiger partial charge in [0.25, 0.3) is 31.6 Å². The van der Waals surface area contributed by atoms with Crippen molar-refractivity contribution in [1.82, 2.24) is 19.6 Å². The molecule has 0 atom stereocenters. The molecule has 6 aromatic rings. The van der Waals surface area contributed by atoms with Gasteiger partial charge in [-0.25, -0.2) is 19.6 Å². The summed E-state index contributed by atoms with van der Waals surface area (Å²) in [5, 5.41) is 62.8. The van der Waals surface area contributed by atoms with Gasteiger partial charge in [0.05, 0.1) is 41.3 Å². The number of halogens is 4. The molecule has 0 amide bonds. The molecule has 0 unspecified atom stereocenters. The Bertz CT molecular complexity index is 3070. The average molecular weight is 1030 g/mol. The zero-order valence-electron chi connectivity index (χ0n) is 33.9. The van der Waals surface area contributed by atoms with E-state index in [1.54, 1.807) is 0 Å². The molecule has 0 bridgehead atoms. The number of aryl methyl sites for hydroxylation is 2. The van der Waals surface area contributed by atoms with Crippen LogP contribution in [0.25, 0.3) is 11.4 Å². The van der Waals surface area contributed by atoms with Crippen molar-refractivity contribution in [1.29, 1.82) is 0 Å². The van der Waals surface area contributed by atoms with Crippen LogP contribution in [0.15, 0.2) is 101 Å². The average Bonchev–Trinajstić information content (AvgIpc) is 3.62. The second-order valence-corrected chi connectivity index (χ2v) is 16.4. The molecule has 0 saturated carbocycles. The molecular weight excluding hydrogens is 1010 g/mol. The van der Waals surface area contributed by atoms with E-state index in [0.717, 1.165) is 70.0 Å². The van der Waals surface area contributed by atoms with E-state index in [9.17, 15) is 56.9 Å². The number of phenols is 2. The maximum Gasteiger partial charge on any atom is 1.00 e. The number of nitrogens with zero attached hydrogens (tertiary/aromatic N) is 10. The van der Waals surface area contributed by atoms with Gasteiger partial charge in [-0.1, -0.05) is 71.6 Å². The van der Waals surface area contributed by atoms with Gasteiger partial charge in [-0.05, 0) is 36.4 Å². The maximum atomic E-state index is 12.7. The van der Waals surface area contributed by atoms with Gasteiger partial charge in [-0.15, -0.1) is 11.4 Å². The van der Waals surface area contributed by atoms with Crippen LogP contribution in [-0.2, 0) is 37.6 Å². The standard InChI is InChI=1S/2C16H10Cl2N5O7S.Cr/c2*1-7-15(20-19-11-4-8(23(26)27)2-3-13(11)24)16(25)22(21-7)12-5-10(18)14(6-9(12)17)31(28,29)30;/h2*2-6,24H,1H3,(H,28,29,30);/q2*-1;/p+3. The number of hydrogen-bond donors (Lipinski definition) is 4. The van der Waals surface area contributed by atoms with Crippen LogP contribution in [0.5, 0.6) is 11.5 Å². The molecule has 2 heterocycles. The van der Waals surface area contributed by atoms with Crippen molar-refractivity contribution in [3.8, 4) is 22.9 Å². The van der Waals surface area contributed by atoms with Crippen molar-refractivity contribution >= 4 is 101 Å². The molecule has 0 aliphatic rings. The first kappa shape index (κ1) is 49.7. The first-order chi connectivity index (χ1) is 28.8. The van der Waals surface area contributed by atoms with E-state index >= 15 is 0 Å². The molecule has 4 aromatic carbocycles. The summed E-state index contributed by atoms with van der Waals surface area (Å²) < 4.78 is 65.2. The van der Waals surface area contributed by atoms with Crippen LogP contribution < -0.4 is 11.1 Å². The topological polar surface area (TPSA) is 355 Å². The van der Waals surface area contributed by atoms with Crippen LogP contribution >= 0.6 is 46.4 Å². The number of phenolic OH excluding ortho intramolecular Hbond substituents is 2. The smallest absolute Gasteiger partial charge is 0.506 e. The number of aromatic hydroxyl groups is 2. The predicted octanol–water partition coefficient (Wildman–Crippen LogP) is 8.02. The van der Waals surface area contributed by atoms with Crippen molar-refractivity contribution < 1.29 is 67.6 Å². The van der Waals surface area contributed by atoms with Gasteiger partial charge in [-0.3, -0.25) is 29.3 Å². The fraction of sp³-hybridized carbons (Fsp3) is 0.0625. The molecule has 0 aliphatic carbocycles. The molecule has 0 spiro atoms. The van der Waals surface area contributed by atoms with E-state index in [1.807, 2.05) is 0 Å². The van der Waals surface area contributed by atoms with E-state index in [0.29, 0.717) is 0 Å². The molecule has 330 valence electrons. The third-order valence-electron chi connectivity index (χ3n) is 7.85. The second kappa shape index (κ2) is 19.2. The number of azo groups is 2. The second-order valence-electron chi connectivity index (χ2n) is 12.0. The number of rotatable bonds is 10. The third-order valence-corrected chi connectivity index (χ3v) is 11.1. The first-order valence-corrected chi connectivity index (χ1v) is 20.4. The van der Waals surface area contributed by atoms with Crippen molar-refractivity contribution in [2.24, 2.45) is 20.5 Å². The quantitative estimate of drug-likeness (QED) is 0.0331. The minimum atomic E-state index is -4.65. The number of aromatic nitrogens is 4. The zero-order valence-corrected chi connectivity index (χ0v) is 36.8. The Morgan fingerprint density at radius 2 is 0.968 bits per heavy atom. The van der Waals surface area contributed by atoms with E-state index in [2.05, 4.69) is 30.7 Å². The van der Waals surface area contributed by atoms with Crippen LogP contribution in [0.4, 0.5) is 34.1 Å². The molecule has 4 N–H and O–H groups in total. The van der Waals surface area contributed by atoms with Crippen LogP contribution in [0.2, 0.25) is 20.1 Å². The van der Waals surface area contributed by atoms with Crippen LogP contribution in [0, 0.1) is 34.1 Å². The Hall–Kier alpha value is -5.99. The van der Waals surface area contributed by atoms with Gasteiger partial charge in [0.2, 0.25) is 0 Å². The zero-order chi connectivity index (χ0) is 46.2. The van der Waals surface area contributed by atoms with Gasteiger partial charge >= 0.3 is 4.28 Å². The van der Waals surface area contributed by atoms with Gasteiger partial charge < -0.3 is 30.0 Å². The summed E-state index contributed by atoms with van der Waals surface area (Å²) in [4.78, 5) is 44.5. The minimum Gasteiger partial charge on any atom is -0.506 e. The molecule has 2 aromatic heterocycles. The summed E-state index contributed by atoms with van der Waals surface area (Å²) in [6.07, 6.45) is 0. The van der Waals surface area contributed by atoms with Crippen molar-refractivity contribution in [2.45, 2.75) is 23.6 Å². The maximum absolute atomic E-state index is 12.7. The monoisotopic (exact) mass is 1030 g/mol. The van der Waals surface area contributed by atoms with Crippen LogP contribution in [0.1, 0.15) is 15.7 Å². The fourth-order valence-electron chi connectivity index (χ4n) is 4.93. The molecule has 63 heavy (non-hydrogen) atoms. The third kappa shape index (κ3) is 11.0. The van der Waals surface area contributed by atoms with Crippen LogP contribution in [-0.4, -0.2) is 65.6 Å². The summed E-state index contributed by atoms with van der Waals surface area (Å²) in [5.74, 6) is -0.801. The number of nitro benzene ring substituents is 2. The summed E-state index contributed by atoms with van der Waals surface area (Å²) in [6.45, 7) is 2.84. The Balaban J connectivity index is 0.000000622. The van der Waals surface area contributed by atoms with Crippen molar-refractivity contribution in [3.63, 3.8) is 0 Å². The van der Waals surface area contributed by atoms with E-state index < -0.39 is 72.5 Å². The number of hydrogen-bond acceptors (Lipinski definition) is 18. The van der Waals surface area contributed by atoms with Gasteiger partial charge in [0.1, 0.15) is 43.8 Å². The van der Waals surface area contributed by atoms with Gasteiger partial charge in [0.15, 0.2) is 0 Å². The summed E-state index contributed by atoms with van der Waals surface area (Å²) in [5.41, 5.74) is -3.36. The van der Waals surface area contributed by atoms with E-state index in [4.69, 9.17) is 55.5 Å². The minimum absolute atomic E-state index is 0. The predicted molar refractivity (Wildman–Crippen MR) is 221 cm³/mol.